The molecule has 1 saturated carbocycles. The highest BCUT2D eigenvalue weighted by Gasteiger charge is 2.22. The van der Waals surface area contributed by atoms with Gasteiger partial charge in [0.05, 0.1) is 5.75 Å². The second-order valence-corrected chi connectivity index (χ2v) is 10.5. The van der Waals surface area contributed by atoms with Crippen molar-refractivity contribution in [1.82, 2.24) is 20.4 Å². The Labute approximate surface area is 173 Å². The number of hydrogen-bond acceptors (Lipinski definition) is 10. The van der Waals surface area contributed by atoms with Gasteiger partial charge in [-0.25, -0.2) is 0 Å². The van der Waals surface area contributed by atoms with Gasteiger partial charge in [-0.15, -0.1) is 20.4 Å². The largest absolute Gasteiger partial charge is 0.300 e. The van der Waals surface area contributed by atoms with Crippen LogP contribution in [0, 0.1) is 5.92 Å². The number of nitrogens with one attached hydrogen (secondary N) is 2. The van der Waals surface area contributed by atoms with Crippen molar-refractivity contribution in [2.24, 2.45) is 5.92 Å². The van der Waals surface area contributed by atoms with E-state index in [-0.39, 0.29) is 23.5 Å². The summed E-state index contributed by atoms with van der Waals surface area (Å²) in [5.41, 5.74) is 0. The Bertz CT molecular complexity index is 774. The van der Waals surface area contributed by atoms with Gasteiger partial charge in [-0.05, 0) is 18.6 Å². The topological polar surface area (TPSA) is 110 Å². The van der Waals surface area contributed by atoms with E-state index in [4.69, 9.17) is 0 Å². The molecule has 2 heterocycles. The number of thioether (sulfide) groups is 2. The van der Waals surface area contributed by atoms with Crippen LogP contribution in [-0.2, 0) is 9.59 Å². The molecule has 1 fully saturated rings. The first-order valence-electron chi connectivity index (χ1n) is 8.67. The maximum absolute atomic E-state index is 12.2. The van der Waals surface area contributed by atoms with Gasteiger partial charge >= 0.3 is 0 Å². The summed E-state index contributed by atoms with van der Waals surface area (Å²) in [7, 11) is 0. The molecule has 8 nitrogen and oxygen atoms in total. The highest BCUT2D eigenvalue weighted by molar-refractivity contribution is 8.01. The fourth-order valence-corrected chi connectivity index (χ4v) is 5.84. The van der Waals surface area contributed by atoms with Gasteiger partial charge < -0.3 is 5.32 Å². The minimum absolute atomic E-state index is 0.0252. The van der Waals surface area contributed by atoms with Crippen LogP contribution in [0.5, 0.6) is 0 Å². The molecule has 2 amide bonds. The van der Waals surface area contributed by atoms with Crippen molar-refractivity contribution < 1.29 is 9.59 Å². The summed E-state index contributed by atoms with van der Waals surface area (Å²) in [6.45, 7) is 2.04. The lowest BCUT2D eigenvalue weighted by atomic mass is 9.89. The molecule has 3 rings (SSSR count). The molecule has 12 heteroatoms. The van der Waals surface area contributed by atoms with E-state index in [1.165, 1.54) is 40.9 Å². The zero-order valence-electron chi connectivity index (χ0n) is 14.8. The molecule has 0 radical (unpaired) electrons. The first-order chi connectivity index (χ1) is 13.1. The van der Waals surface area contributed by atoms with Crippen molar-refractivity contribution >= 4 is 68.3 Å². The number of aromatic nitrogens is 4. The van der Waals surface area contributed by atoms with Crippen LogP contribution in [0.2, 0.25) is 0 Å². The highest BCUT2D eigenvalue weighted by atomic mass is 32.2. The average molecular weight is 445 g/mol. The van der Waals surface area contributed by atoms with Crippen molar-refractivity contribution in [3.63, 3.8) is 0 Å². The molecule has 0 unspecified atom stereocenters. The summed E-state index contributed by atoms with van der Waals surface area (Å²) in [4.78, 5) is 24.3. The van der Waals surface area contributed by atoms with Gasteiger partial charge in [0, 0.05) is 5.92 Å². The van der Waals surface area contributed by atoms with Crippen LogP contribution in [-0.4, -0.2) is 43.7 Å². The zero-order valence-corrected chi connectivity index (χ0v) is 18.0. The van der Waals surface area contributed by atoms with Crippen molar-refractivity contribution in [2.45, 2.75) is 47.7 Å². The number of carbonyl (C=O) groups excluding carboxylic acids is 2. The van der Waals surface area contributed by atoms with E-state index >= 15 is 0 Å². The molecular formula is C15H20N6O2S4. The Morgan fingerprint density at radius 3 is 2.26 bits per heavy atom. The van der Waals surface area contributed by atoms with Crippen molar-refractivity contribution in [1.29, 1.82) is 0 Å². The Kier molecular flexibility index (Phi) is 7.85. The second-order valence-electron chi connectivity index (χ2n) is 5.84. The molecule has 2 aromatic heterocycles. The van der Waals surface area contributed by atoms with E-state index in [9.17, 15) is 9.59 Å². The molecule has 0 bridgehead atoms. The van der Waals surface area contributed by atoms with Crippen molar-refractivity contribution in [2.75, 3.05) is 22.1 Å². The molecule has 0 spiro atoms. The first kappa shape index (κ1) is 20.5. The Morgan fingerprint density at radius 1 is 0.963 bits per heavy atom. The van der Waals surface area contributed by atoms with Gasteiger partial charge in [-0.2, -0.15) is 0 Å². The van der Waals surface area contributed by atoms with E-state index in [1.807, 2.05) is 6.92 Å². The lowest BCUT2D eigenvalue weighted by molar-refractivity contribution is -0.120. The minimum atomic E-state index is -0.174. The van der Waals surface area contributed by atoms with Crippen LogP contribution < -0.4 is 10.6 Å². The van der Waals surface area contributed by atoms with Crippen molar-refractivity contribution in [3.8, 4) is 0 Å². The third-order valence-corrected chi connectivity index (χ3v) is 7.69. The maximum Gasteiger partial charge on any atom is 0.236 e. The average Bonchev–Trinajstić information content (AvgIpc) is 3.30. The molecule has 0 aromatic carbocycles. The molecule has 1 aliphatic carbocycles. The molecule has 0 aliphatic heterocycles. The quantitative estimate of drug-likeness (QED) is 0.468. The highest BCUT2D eigenvalue weighted by Crippen LogP contribution is 2.29. The van der Waals surface area contributed by atoms with E-state index in [2.05, 4.69) is 31.0 Å². The zero-order chi connectivity index (χ0) is 19.1. The number of amides is 2. The number of anilines is 2. The standard InChI is InChI=1S/C15H20N6O2S4/c1-2-24-14-20-18-12(26-14)16-10(22)8-25-15-21-19-13(27-15)17-11(23)9-6-4-3-5-7-9/h9H,2-8H2,1H3,(H,16,18,22)(H,17,19,23). The molecule has 146 valence electrons. The molecule has 27 heavy (non-hydrogen) atoms. The summed E-state index contributed by atoms with van der Waals surface area (Å²) in [5, 5.41) is 22.5. The fourth-order valence-electron chi connectivity index (χ4n) is 2.62. The number of nitrogens with zero attached hydrogens (tertiary/aromatic N) is 4. The van der Waals surface area contributed by atoms with Crippen LogP contribution in [0.15, 0.2) is 8.68 Å². The van der Waals surface area contributed by atoms with Crippen LogP contribution in [0.25, 0.3) is 0 Å². The molecule has 0 atom stereocenters. The predicted octanol–water partition coefficient (Wildman–Crippen LogP) is 3.75. The van der Waals surface area contributed by atoms with Gasteiger partial charge in [-0.1, -0.05) is 72.4 Å². The van der Waals surface area contributed by atoms with E-state index in [0.29, 0.717) is 14.6 Å². The van der Waals surface area contributed by atoms with Gasteiger partial charge in [-0.3, -0.25) is 14.9 Å². The number of hydrogen-bond donors (Lipinski definition) is 2. The third-order valence-electron chi connectivity index (χ3n) is 3.86. The maximum atomic E-state index is 12.2. The molecule has 2 aromatic rings. The second kappa shape index (κ2) is 10.3. The van der Waals surface area contributed by atoms with Crippen LogP contribution in [0.1, 0.15) is 39.0 Å². The van der Waals surface area contributed by atoms with Crippen LogP contribution in [0.3, 0.4) is 0 Å². The van der Waals surface area contributed by atoms with E-state index < -0.39 is 0 Å². The number of carbonyl (C=O) groups is 2. The monoisotopic (exact) mass is 444 g/mol. The Balaban J connectivity index is 1.43. The van der Waals surface area contributed by atoms with E-state index in [0.717, 1.165) is 35.8 Å². The summed E-state index contributed by atoms with van der Waals surface area (Å²) in [6, 6.07) is 0. The Morgan fingerprint density at radius 2 is 1.59 bits per heavy atom. The Hall–Kier alpha value is -1.24. The molecule has 0 saturated heterocycles. The molecule has 1 aliphatic rings. The third kappa shape index (κ3) is 6.40. The SMILES string of the molecule is CCSc1nnc(NC(=O)CSc2nnc(NC(=O)C3CCCCC3)s2)s1. The predicted molar refractivity (Wildman–Crippen MR) is 111 cm³/mol. The lowest BCUT2D eigenvalue weighted by Gasteiger charge is -2.19. The van der Waals surface area contributed by atoms with E-state index in [1.54, 1.807) is 11.8 Å². The number of rotatable bonds is 8. The van der Waals surface area contributed by atoms with Gasteiger partial charge in [0.15, 0.2) is 8.68 Å². The summed E-state index contributed by atoms with van der Waals surface area (Å²) in [5.74, 6) is 1.03. The van der Waals surface area contributed by atoms with Gasteiger partial charge in [0.25, 0.3) is 0 Å². The minimum Gasteiger partial charge on any atom is -0.300 e. The summed E-state index contributed by atoms with van der Waals surface area (Å²) in [6.07, 6.45) is 5.31. The summed E-state index contributed by atoms with van der Waals surface area (Å²) < 4.78 is 1.48. The molecule has 2 N–H and O–H groups in total. The first-order valence-corrected chi connectivity index (χ1v) is 12.3. The lowest BCUT2D eigenvalue weighted by Crippen LogP contribution is -2.24. The molecular weight excluding hydrogens is 424 g/mol. The van der Waals surface area contributed by atoms with Gasteiger partial charge in [0.1, 0.15) is 0 Å². The summed E-state index contributed by atoms with van der Waals surface area (Å²) >= 11 is 5.51. The van der Waals surface area contributed by atoms with Crippen LogP contribution >= 0.6 is 46.2 Å². The smallest absolute Gasteiger partial charge is 0.236 e. The van der Waals surface area contributed by atoms with Gasteiger partial charge in [0.2, 0.25) is 22.1 Å². The fraction of sp³-hybridized carbons (Fsp3) is 0.600. The van der Waals surface area contributed by atoms with Crippen molar-refractivity contribution in [3.05, 3.63) is 0 Å². The normalized spacial score (nSPS) is 14.9. The van der Waals surface area contributed by atoms with Crippen LogP contribution in [0.4, 0.5) is 10.3 Å².